The maximum Gasteiger partial charge on any atom is 0.223 e. The van der Waals surface area contributed by atoms with E-state index in [0.717, 1.165) is 34.5 Å². The Balaban J connectivity index is 1.76. The van der Waals surface area contributed by atoms with Gasteiger partial charge in [0.05, 0.1) is 5.69 Å². The summed E-state index contributed by atoms with van der Waals surface area (Å²) in [4.78, 5) is 17.1. The molecule has 28 heavy (non-hydrogen) atoms. The third kappa shape index (κ3) is 6.09. The fraction of sp³-hybridized carbons (Fsp3) is 0.238. The molecule has 1 heterocycles. The van der Waals surface area contributed by atoms with Crippen LogP contribution in [-0.2, 0) is 40.9 Å². The molecule has 0 spiro atoms. The molecular weight excluding hydrogens is 392 g/mol. The number of carbonyl (C=O) groups excluding carboxylic acids is 1. The lowest BCUT2D eigenvalue weighted by Crippen LogP contribution is -2.05. The Morgan fingerprint density at radius 3 is 2.36 bits per heavy atom. The standard InChI is InChI=1S/C21H22N2O3S2/c1-15(24)22-21-23-19(12-11-16-5-3-2-4-6-16)20(27-21)13-17-7-9-18(10-8-17)14-28(25)26/h2-10H,11-14H2,1H3,(H,25,26)(H,22,23,24)/p-1. The quantitative estimate of drug-likeness (QED) is 0.569. The van der Waals surface area contributed by atoms with Crippen LogP contribution in [-0.4, -0.2) is 19.7 Å². The lowest BCUT2D eigenvalue weighted by atomic mass is 10.0. The predicted molar refractivity (Wildman–Crippen MR) is 112 cm³/mol. The molecule has 2 aromatic carbocycles. The summed E-state index contributed by atoms with van der Waals surface area (Å²) in [5, 5.41) is 3.39. The third-order valence-electron chi connectivity index (χ3n) is 4.23. The Morgan fingerprint density at radius 1 is 1.04 bits per heavy atom. The maximum atomic E-state index is 11.4. The zero-order valence-electron chi connectivity index (χ0n) is 15.5. The maximum absolute atomic E-state index is 11.4. The van der Waals surface area contributed by atoms with E-state index in [1.54, 1.807) is 0 Å². The van der Waals surface area contributed by atoms with Gasteiger partial charge in [0.25, 0.3) is 0 Å². The van der Waals surface area contributed by atoms with E-state index in [1.807, 2.05) is 42.5 Å². The lowest BCUT2D eigenvalue weighted by molar-refractivity contribution is -0.114. The monoisotopic (exact) mass is 413 g/mol. The first-order chi connectivity index (χ1) is 13.5. The topological polar surface area (TPSA) is 82.1 Å². The van der Waals surface area contributed by atoms with Gasteiger partial charge in [0.2, 0.25) is 5.91 Å². The fourth-order valence-corrected chi connectivity index (χ4v) is 4.46. The van der Waals surface area contributed by atoms with Crippen molar-refractivity contribution in [3.8, 4) is 0 Å². The van der Waals surface area contributed by atoms with Crippen molar-refractivity contribution >= 4 is 33.5 Å². The van der Waals surface area contributed by atoms with Crippen LogP contribution in [0.25, 0.3) is 0 Å². The Bertz CT molecular complexity index is 954. The Labute approximate surface area is 171 Å². The van der Waals surface area contributed by atoms with Gasteiger partial charge in [-0.2, -0.15) is 0 Å². The second kappa shape index (κ2) is 9.73. The molecule has 0 radical (unpaired) electrons. The summed E-state index contributed by atoms with van der Waals surface area (Å²) in [6.07, 6.45) is 2.37. The highest BCUT2D eigenvalue weighted by atomic mass is 32.2. The molecule has 3 aromatic rings. The summed E-state index contributed by atoms with van der Waals surface area (Å²) in [6, 6.07) is 17.8. The van der Waals surface area contributed by atoms with E-state index in [9.17, 15) is 13.6 Å². The van der Waals surface area contributed by atoms with Gasteiger partial charge in [0, 0.05) is 24.0 Å². The molecule has 7 heteroatoms. The number of anilines is 1. The van der Waals surface area contributed by atoms with Crippen LogP contribution in [0, 0.1) is 0 Å². The molecule has 1 aromatic heterocycles. The molecule has 0 saturated heterocycles. The van der Waals surface area contributed by atoms with Gasteiger partial charge in [-0.15, -0.1) is 11.3 Å². The minimum atomic E-state index is -2.09. The minimum Gasteiger partial charge on any atom is -0.772 e. The molecule has 3 rings (SSSR count). The molecule has 1 N–H and O–H groups in total. The van der Waals surface area contributed by atoms with Crippen molar-refractivity contribution in [3.63, 3.8) is 0 Å². The summed E-state index contributed by atoms with van der Waals surface area (Å²) >= 11 is -0.595. The molecule has 0 aliphatic rings. The number of hydrogen-bond donors (Lipinski definition) is 1. The van der Waals surface area contributed by atoms with Crippen molar-refractivity contribution in [2.24, 2.45) is 0 Å². The van der Waals surface area contributed by atoms with Crippen molar-refractivity contribution < 1.29 is 13.6 Å². The van der Waals surface area contributed by atoms with Crippen molar-refractivity contribution in [1.29, 1.82) is 0 Å². The van der Waals surface area contributed by atoms with Gasteiger partial charge in [-0.1, -0.05) is 65.7 Å². The number of carbonyl (C=O) groups is 1. The molecule has 0 aliphatic heterocycles. The highest BCUT2D eigenvalue weighted by Crippen LogP contribution is 2.27. The van der Waals surface area contributed by atoms with E-state index in [4.69, 9.17) is 0 Å². The number of aryl methyl sites for hydroxylation is 2. The first kappa shape index (κ1) is 20.4. The molecule has 1 amide bonds. The average molecular weight is 414 g/mol. The number of thiazole rings is 1. The van der Waals surface area contributed by atoms with Crippen LogP contribution in [0.3, 0.4) is 0 Å². The smallest absolute Gasteiger partial charge is 0.223 e. The summed E-state index contributed by atoms with van der Waals surface area (Å²) in [7, 11) is 0. The highest BCUT2D eigenvalue weighted by Gasteiger charge is 2.13. The van der Waals surface area contributed by atoms with E-state index < -0.39 is 11.1 Å². The van der Waals surface area contributed by atoms with Gasteiger partial charge in [0.1, 0.15) is 0 Å². The molecule has 1 atom stereocenters. The molecule has 1 unspecified atom stereocenters. The molecule has 0 saturated carbocycles. The van der Waals surface area contributed by atoms with Gasteiger partial charge in [-0.3, -0.25) is 9.00 Å². The van der Waals surface area contributed by atoms with Crippen molar-refractivity contribution in [1.82, 2.24) is 4.98 Å². The van der Waals surface area contributed by atoms with E-state index in [1.165, 1.54) is 23.8 Å². The van der Waals surface area contributed by atoms with E-state index >= 15 is 0 Å². The molecule has 5 nitrogen and oxygen atoms in total. The summed E-state index contributed by atoms with van der Waals surface area (Å²) in [5.74, 6) is -0.111. The summed E-state index contributed by atoms with van der Waals surface area (Å²) < 4.78 is 21.7. The Kier molecular flexibility index (Phi) is 7.08. The number of nitrogens with zero attached hydrogens (tertiary/aromatic N) is 1. The second-order valence-corrected chi connectivity index (χ2v) is 8.48. The highest BCUT2D eigenvalue weighted by molar-refractivity contribution is 7.78. The molecule has 146 valence electrons. The zero-order chi connectivity index (χ0) is 19.9. The van der Waals surface area contributed by atoms with E-state index in [2.05, 4.69) is 22.4 Å². The summed E-state index contributed by atoms with van der Waals surface area (Å²) in [6.45, 7) is 1.48. The average Bonchev–Trinajstić information content (AvgIpc) is 3.02. The zero-order valence-corrected chi connectivity index (χ0v) is 17.1. The Morgan fingerprint density at radius 2 is 1.71 bits per heavy atom. The van der Waals surface area contributed by atoms with Gasteiger partial charge >= 0.3 is 0 Å². The van der Waals surface area contributed by atoms with Crippen molar-refractivity contribution in [3.05, 3.63) is 81.9 Å². The van der Waals surface area contributed by atoms with Crippen LogP contribution in [0.2, 0.25) is 0 Å². The first-order valence-electron chi connectivity index (χ1n) is 8.93. The Hall–Kier alpha value is -2.35. The molecule has 0 bridgehead atoms. The van der Waals surface area contributed by atoms with Crippen LogP contribution in [0.1, 0.15) is 34.2 Å². The van der Waals surface area contributed by atoms with E-state index in [-0.39, 0.29) is 11.7 Å². The molecular formula is C21H21N2O3S2-. The van der Waals surface area contributed by atoms with Crippen LogP contribution in [0.4, 0.5) is 5.13 Å². The first-order valence-corrected chi connectivity index (χ1v) is 11.0. The van der Waals surface area contributed by atoms with Crippen LogP contribution in [0.5, 0.6) is 0 Å². The van der Waals surface area contributed by atoms with Crippen molar-refractivity contribution in [2.75, 3.05) is 5.32 Å². The number of benzene rings is 2. The van der Waals surface area contributed by atoms with Crippen molar-refractivity contribution in [2.45, 2.75) is 31.9 Å². The predicted octanol–water partition coefficient (Wildman–Crippen LogP) is 3.86. The third-order valence-corrected chi connectivity index (χ3v) is 5.81. The number of amides is 1. The SMILES string of the molecule is CC(=O)Nc1nc(CCc2ccccc2)c(Cc2ccc(CS(=O)[O-])cc2)s1. The molecule has 0 fully saturated rings. The lowest BCUT2D eigenvalue weighted by Gasteiger charge is -2.07. The minimum absolute atomic E-state index is 0.0237. The fourth-order valence-electron chi connectivity index (χ4n) is 2.90. The molecule has 0 aliphatic carbocycles. The van der Waals surface area contributed by atoms with Crippen LogP contribution >= 0.6 is 11.3 Å². The number of aromatic nitrogens is 1. The van der Waals surface area contributed by atoms with Gasteiger partial charge in [-0.05, 0) is 29.5 Å². The van der Waals surface area contributed by atoms with Gasteiger partial charge < -0.3 is 9.87 Å². The summed E-state index contributed by atoms with van der Waals surface area (Å²) in [5.41, 5.74) is 4.09. The van der Waals surface area contributed by atoms with Crippen LogP contribution in [0.15, 0.2) is 54.6 Å². The second-order valence-electron chi connectivity index (χ2n) is 6.50. The number of rotatable bonds is 8. The number of nitrogens with one attached hydrogen (secondary N) is 1. The van der Waals surface area contributed by atoms with Gasteiger partial charge in [-0.25, -0.2) is 4.98 Å². The number of hydrogen-bond acceptors (Lipinski definition) is 5. The van der Waals surface area contributed by atoms with Crippen LogP contribution < -0.4 is 5.32 Å². The largest absolute Gasteiger partial charge is 0.772 e. The van der Waals surface area contributed by atoms with E-state index in [0.29, 0.717) is 11.6 Å². The normalized spacial score (nSPS) is 11.9. The van der Waals surface area contributed by atoms with Gasteiger partial charge in [0.15, 0.2) is 5.13 Å².